The van der Waals surface area contributed by atoms with Gasteiger partial charge in [0.05, 0.1) is 0 Å². The van der Waals surface area contributed by atoms with Gasteiger partial charge in [0, 0.05) is 0 Å². The van der Waals surface area contributed by atoms with Crippen molar-refractivity contribution in [1.29, 1.82) is 0 Å². The molecule has 0 aliphatic rings. The Hall–Kier alpha value is 0. The first-order valence-corrected chi connectivity index (χ1v) is 11.7. The summed E-state index contributed by atoms with van der Waals surface area (Å²) in [6.07, 6.45) is 26.4. The third-order valence-electron chi connectivity index (χ3n) is 5.58. The smallest absolute Gasteiger partial charge is 0.0414 e. The zero-order chi connectivity index (χ0) is 17.9. The molecule has 0 spiro atoms. The van der Waals surface area contributed by atoms with E-state index >= 15 is 0 Å². The van der Waals surface area contributed by atoms with Crippen LogP contribution in [0.3, 0.4) is 0 Å². The second kappa shape index (κ2) is 19.3. The molecule has 0 saturated carbocycles. The molecular formula is C24H50. The summed E-state index contributed by atoms with van der Waals surface area (Å²) in [5.74, 6) is 1.94. The van der Waals surface area contributed by atoms with Crippen LogP contribution in [0.4, 0.5) is 0 Å². The Morgan fingerprint density at radius 1 is 0.417 bits per heavy atom. The lowest BCUT2D eigenvalue weighted by atomic mass is 9.90. The van der Waals surface area contributed by atoms with Gasteiger partial charge in [0.2, 0.25) is 0 Å². The molecule has 0 bridgehead atoms. The Morgan fingerprint density at radius 3 is 1.25 bits per heavy atom. The van der Waals surface area contributed by atoms with E-state index in [2.05, 4.69) is 27.7 Å². The van der Waals surface area contributed by atoms with E-state index in [-0.39, 0.29) is 0 Å². The van der Waals surface area contributed by atoms with Crippen molar-refractivity contribution < 1.29 is 0 Å². The van der Waals surface area contributed by atoms with E-state index in [1.807, 2.05) is 0 Å². The summed E-state index contributed by atoms with van der Waals surface area (Å²) in [6, 6.07) is 0. The number of rotatable bonds is 19. The maximum Gasteiger partial charge on any atom is -0.0414 e. The molecule has 146 valence electrons. The minimum absolute atomic E-state index is 0.896. The molecule has 0 aromatic carbocycles. The van der Waals surface area contributed by atoms with E-state index in [0.29, 0.717) is 0 Å². The summed E-state index contributed by atoms with van der Waals surface area (Å²) in [7, 11) is 0. The monoisotopic (exact) mass is 338 g/mol. The van der Waals surface area contributed by atoms with Crippen LogP contribution >= 0.6 is 0 Å². The molecule has 1 unspecified atom stereocenters. The summed E-state index contributed by atoms with van der Waals surface area (Å²) < 4.78 is 0. The fourth-order valence-corrected chi connectivity index (χ4v) is 3.83. The molecule has 0 aromatic heterocycles. The molecule has 0 aliphatic carbocycles. The summed E-state index contributed by atoms with van der Waals surface area (Å²) in [6.45, 7) is 9.35. The lowest BCUT2D eigenvalue weighted by molar-refractivity contribution is 0.371. The Morgan fingerprint density at radius 2 is 0.792 bits per heavy atom. The summed E-state index contributed by atoms with van der Waals surface area (Å²) >= 11 is 0. The SMILES string of the molecule is CCCCCCC(CCCC)CCCCCCCCCCC(C)C. The Labute approximate surface area is 155 Å². The molecule has 0 N–H and O–H groups in total. The average molecular weight is 339 g/mol. The minimum Gasteiger partial charge on any atom is -0.0654 e. The fraction of sp³-hybridized carbons (Fsp3) is 1.00. The molecule has 0 amide bonds. The molecule has 0 aliphatic heterocycles. The first-order valence-electron chi connectivity index (χ1n) is 11.7. The van der Waals surface area contributed by atoms with Gasteiger partial charge in [0.1, 0.15) is 0 Å². The molecule has 0 nitrogen and oxygen atoms in total. The van der Waals surface area contributed by atoms with E-state index in [1.54, 1.807) is 0 Å². The molecule has 0 fully saturated rings. The lowest BCUT2D eigenvalue weighted by Gasteiger charge is -2.16. The van der Waals surface area contributed by atoms with Crippen LogP contribution in [-0.2, 0) is 0 Å². The molecule has 0 heterocycles. The van der Waals surface area contributed by atoms with Gasteiger partial charge < -0.3 is 0 Å². The van der Waals surface area contributed by atoms with Gasteiger partial charge in [0.15, 0.2) is 0 Å². The van der Waals surface area contributed by atoms with Crippen LogP contribution in [0.25, 0.3) is 0 Å². The van der Waals surface area contributed by atoms with E-state index in [9.17, 15) is 0 Å². The quantitative estimate of drug-likeness (QED) is 0.206. The van der Waals surface area contributed by atoms with Crippen LogP contribution in [0.2, 0.25) is 0 Å². The number of hydrogen-bond donors (Lipinski definition) is 0. The largest absolute Gasteiger partial charge is 0.0654 e. The molecular weight excluding hydrogens is 288 g/mol. The first kappa shape index (κ1) is 24.0. The van der Waals surface area contributed by atoms with Crippen molar-refractivity contribution in [2.45, 2.75) is 143 Å². The maximum atomic E-state index is 2.34. The first-order chi connectivity index (χ1) is 11.7. The third kappa shape index (κ3) is 18.3. The normalized spacial score (nSPS) is 12.9. The highest BCUT2D eigenvalue weighted by Gasteiger charge is 2.08. The Bertz CT molecular complexity index is 218. The predicted octanol–water partition coefficient (Wildman–Crippen LogP) is 9.32. The van der Waals surface area contributed by atoms with Gasteiger partial charge in [-0.25, -0.2) is 0 Å². The Kier molecular flexibility index (Phi) is 19.3. The van der Waals surface area contributed by atoms with Crippen LogP contribution in [0, 0.1) is 11.8 Å². The maximum absolute atomic E-state index is 2.34. The second-order valence-electron chi connectivity index (χ2n) is 8.66. The summed E-state index contributed by atoms with van der Waals surface area (Å²) in [5.41, 5.74) is 0. The van der Waals surface area contributed by atoms with Gasteiger partial charge in [-0.05, 0) is 11.8 Å². The zero-order valence-corrected chi connectivity index (χ0v) is 17.9. The molecule has 1 atom stereocenters. The predicted molar refractivity (Wildman–Crippen MR) is 113 cm³/mol. The molecule has 0 radical (unpaired) electrons. The summed E-state index contributed by atoms with van der Waals surface area (Å²) in [5, 5.41) is 0. The van der Waals surface area contributed by atoms with Crippen LogP contribution in [0.1, 0.15) is 143 Å². The van der Waals surface area contributed by atoms with Crippen molar-refractivity contribution >= 4 is 0 Å². The highest BCUT2D eigenvalue weighted by Crippen LogP contribution is 2.23. The topological polar surface area (TPSA) is 0 Å². The van der Waals surface area contributed by atoms with Crippen molar-refractivity contribution in [2.24, 2.45) is 11.8 Å². The highest BCUT2D eigenvalue weighted by molar-refractivity contribution is 4.61. The van der Waals surface area contributed by atoms with Crippen molar-refractivity contribution in [2.75, 3.05) is 0 Å². The lowest BCUT2D eigenvalue weighted by Crippen LogP contribution is -2.01. The summed E-state index contributed by atoms with van der Waals surface area (Å²) in [4.78, 5) is 0. The van der Waals surface area contributed by atoms with E-state index < -0.39 is 0 Å². The van der Waals surface area contributed by atoms with Crippen molar-refractivity contribution in [3.8, 4) is 0 Å². The standard InChI is InChI=1S/C24H50/c1-5-7-9-17-21-24(20-8-6-2)22-18-15-13-11-10-12-14-16-19-23(3)4/h23-24H,5-22H2,1-4H3. The third-order valence-corrected chi connectivity index (χ3v) is 5.58. The molecule has 0 aromatic rings. The molecule has 0 rings (SSSR count). The van der Waals surface area contributed by atoms with Crippen LogP contribution < -0.4 is 0 Å². The van der Waals surface area contributed by atoms with E-state index in [4.69, 9.17) is 0 Å². The minimum atomic E-state index is 0.896. The number of unbranched alkanes of at least 4 members (excludes halogenated alkanes) is 11. The molecule has 24 heavy (non-hydrogen) atoms. The molecule has 0 saturated heterocycles. The second-order valence-corrected chi connectivity index (χ2v) is 8.66. The molecule has 0 heteroatoms. The van der Waals surface area contributed by atoms with E-state index in [1.165, 1.54) is 116 Å². The van der Waals surface area contributed by atoms with Gasteiger partial charge in [-0.2, -0.15) is 0 Å². The zero-order valence-electron chi connectivity index (χ0n) is 17.9. The van der Waals surface area contributed by atoms with Gasteiger partial charge in [-0.3, -0.25) is 0 Å². The van der Waals surface area contributed by atoms with Crippen molar-refractivity contribution in [3.63, 3.8) is 0 Å². The van der Waals surface area contributed by atoms with Crippen molar-refractivity contribution in [3.05, 3.63) is 0 Å². The van der Waals surface area contributed by atoms with Crippen LogP contribution in [0.15, 0.2) is 0 Å². The van der Waals surface area contributed by atoms with Gasteiger partial charge in [-0.1, -0.05) is 143 Å². The van der Waals surface area contributed by atoms with E-state index in [0.717, 1.165) is 11.8 Å². The number of hydrogen-bond acceptors (Lipinski definition) is 0. The highest BCUT2D eigenvalue weighted by atomic mass is 14.1. The average Bonchev–Trinajstić information content (AvgIpc) is 2.57. The van der Waals surface area contributed by atoms with Crippen LogP contribution in [0.5, 0.6) is 0 Å². The Balaban J connectivity index is 3.47. The van der Waals surface area contributed by atoms with Gasteiger partial charge in [-0.15, -0.1) is 0 Å². The van der Waals surface area contributed by atoms with Crippen LogP contribution in [-0.4, -0.2) is 0 Å². The van der Waals surface area contributed by atoms with Gasteiger partial charge in [0.25, 0.3) is 0 Å². The van der Waals surface area contributed by atoms with Crippen molar-refractivity contribution in [1.82, 2.24) is 0 Å². The fourth-order valence-electron chi connectivity index (χ4n) is 3.83. The van der Waals surface area contributed by atoms with Gasteiger partial charge >= 0.3 is 0 Å².